The lowest BCUT2D eigenvalue weighted by Gasteiger charge is -2.11. The molecule has 9 nitrogen and oxygen atoms in total. The van der Waals surface area contributed by atoms with Crippen LogP contribution in [-0.2, 0) is 11.3 Å². The van der Waals surface area contributed by atoms with Gasteiger partial charge in [-0.1, -0.05) is 0 Å². The highest BCUT2D eigenvalue weighted by Gasteiger charge is 2.16. The van der Waals surface area contributed by atoms with Crippen LogP contribution in [-0.4, -0.2) is 35.1 Å². The molecule has 0 aliphatic carbocycles. The van der Waals surface area contributed by atoms with Crippen molar-refractivity contribution in [1.29, 1.82) is 0 Å². The van der Waals surface area contributed by atoms with Crippen LogP contribution in [0, 0.1) is 0 Å². The Morgan fingerprint density at radius 3 is 2.09 bits per heavy atom. The van der Waals surface area contributed by atoms with Crippen LogP contribution in [0.1, 0.15) is 16.2 Å². The highest BCUT2D eigenvalue weighted by Crippen LogP contribution is 2.35. The molecule has 10 heteroatoms. The van der Waals surface area contributed by atoms with Gasteiger partial charge >= 0.3 is 5.97 Å². The van der Waals surface area contributed by atoms with E-state index in [4.69, 9.17) is 25.7 Å². The standard InChI is InChI=1S/C13H14BrN5O4/c1-21-7-3-6(4-8(22-2)10(7)14)11(20)23-5-9-17-12(15)19-13(16)18-9/h3-4H,5H2,1-2H3,(H4,15,16,17,18,19). The van der Waals surface area contributed by atoms with Crippen molar-refractivity contribution in [2.45, 2.75) is 6.61 Å². The number of anilines is 2. The molecule has 1 heterocycles. The van der Waals surface area contributed by atoms with Crippen molar-refractivity contribution in [3.8, 4) is 11.5 Å². The second-order valence-corrected chi connectivity index (χ2v) is 5.03. The first kappa shape index (κ1) is 16.7. The summed E-state index contributed by atoms with van der Waals surface area (Å²) in [7, 11) is 2.95. The zero-order valence-electron chi connectivity index (χ0n) is 12.4. The maximum atomic E-state index is 12.2. The first-order chi connectivity index (χ1) is 10.9. The summed E-state index contributed by atoms with van der Waals surface area (Å²) in [5, 5.41) is 0. The van der Waals surface area contributed by atoms with Crippen LogP contribution in [0.4, 0.5) is 11.9 Å². The van der Waals surface area contributed by atoms with Gasteiger partial charge in [-0.25, -0.2) is 4.79 Å². The second-order valence-electron chi connectivity index (χ2n) is 4.24. The molecule has 0 aliphatic heterocycles. The topological polar surface area (TPSA) is 135 Å². The van der Waals surface area contributed by atoms with Crippen molar-refractivity contribution >= 4 is 33.8 Å². The molecule has 0 spiro atoms. The molecule has 0 unspecified atom stereocenters. The Hall–Kier alpha value is -2.62. The zero-order valence-corrected chi connectivity index (χ0v) is 14.0. The molecule has 0 fully saturated rings. The lowest BCUT2D eigenvalue weighted by atomic mass is 10.2. The predicted octanol–water partition coefficient (Wildman–Crippen LogP) is 1.17. The number of ether oxygens (including phenoxy) is 3. The third-order valence-corrected chi connectivity index (χ3v) is 3.51. The SMILES string of the molecule is COc1cc(C(=O)OCc2nc(N)nc(N)n2)cc(OC)c1Br. The lowest BCUT2D eigenvalue weighted by Crippen LogP contribution is -2.11. The Balaban J connectivity index is 2.17. The van der Waals surface area contributed by atoms with Crippen molar-refractivity contribution in [1.82, 2.24) is 15.0 Å². The molecule has 4 N–H and O–H groups in total. The summed E-state index contributed by atoms with van der Waals surface area (Å²) in [6.45, 7) is -0.198. The van der Waals surface area contributed by atoms with Crippen molar-refractivity contribution in [3.05, 3.63) is 28.0 Å². The smallest absolute Gasteiger partial charge is 0.338 e. The summed E-state index contributed by atoms with van der Waals surface area (Å²) >= 11 is 3.32. The van der Waals surface area contributed by atoms with Gasteiger partial charge in [-0.3, -0.25) is 0 Å². The first-order valence-electron chi connectivity index (χ1n) is 6.29. The minimum Gasteiger partial charge on any atom is -0.495 e. The van der Waals surface area contributed by atoms with Crippen LogP contribution in [0.5, 0.6) is 11.5 Å². The van der Waals surface area contributed by atoms with Gasteiger partial charge in [-0.2, -0.15) is 15.0 Å². The van der Waals surface area contributed by atoms with E-state index in [0.29, 0.717) is 16.0 Å². The van der Waals surface area contributed by atoms with Gasteiger partial charge in [0, 0.05) is 0 Å². The third kappa shape index (κ3) is 3.97. The average molecular weight is 384 g/mol. The Morgan fingerprint density at radius 1 is 1.09 bits per heavy atom. The van der Waals surface area contributed by atoms with Crippen molar-refractivity contribution in [2.75, 3.05) is 25.7 Å². The fourth-order valence-corrected chi connectivity index (χ4v) is 2.27. The number of methoxy groups -OCH3 is 2. The van der Waals surface area contributed by atoms with Crippen LogP contribution in [0.3, 0.4) is 0 Å². The number of nitrogen functional groups attached to an aromatic ring is 2. The van der Waals surface area contributed by atoms with Gasteiger partial charge in [-0.15, -0.1) is 0 Å². The maximum Gasteiger partial charge on any atom is 0.338 e. The number of carbonyl (C=O) groups is 1. The molecule has 0 saturated carbocycles. The van der Waals surface area contributed by atoms with E-state index in [1.54, 1.807) is 0 Å². The fraction of sp³-hybridized carbons (Fsp3) is 0.231. The Kier molecular flexibility index (Phi) is 5.16. The molecule has 0 aliphatic rings. The molecule has 0 bridgehead atoms. The number of esters is 1. The van der Waals surface area contributed by atoms with Crippen LogP contribution >= 0.6 is 15.9 Å². The van der Waals surface area contributed by atoms with E-state index in [1.807, 2.05) is 0 Å². The minimum absolute atomic E-state index is 0.0458. The predicted molar refractivity (Wildman–Crippen MR) is 85.0 cm³/mol. The number of hydrogen-bond acceptors (Lipinski definition) is 9. The van der Waals surface area contributed by atoms with Gasteiger partial charge in [0.05, 0.1) is 19.8 Å². The van der Waals surface area contributed by atoms with Crippen LogP contribution < -0.4 is 20.9 Å². The van der Waals surface area contributed by atoms with Crippen molar-refractivity contribution in [2.24, 2.45) is 0 Å². The molecule has 0 saturated heterocycles. The Morgan fingerprint density at radius 2 is 1.61 bits per heavy atom. The number of hydrogen-bond donors (Lipinski definition) is 2. The maximum absolute atomic E-state index is 12.2. The first-order valence-corrected chi connectivity index (χ1v) is 7.08. The Labute approximate surface area is 140 Å². The molecule has 0 atom stereocenters. The lowest BCUT2D eigenvalue weighted by molar-refractivity contribution is 0.0461. The van der Waals surface area contributed by atoms with Crippen LogP contribution in [0.15, 0.2) is 16.6 Å². The van der Waals surface area contributed by atoms with Gasteiger partial charge in [0.1, 0.15) is 16.0 Å². The highest BCUT2D eigenvalue weighted by atomic mass is 79.9. The zero-order chi connectivity index (χ0) is 17.0. The number of carbonyl (C=O) groups excluding carboxylic acids is 1. The molecular formula is C13H14BrN5O4. The number of nitrogens with zero attached hydrogens (tertiary/aromatic N) is 3. The normalized spacial score (nSPS) is 10.2. The molecule has 122 valence electrons. The molecule has 0 amide bonds. The second kappa shape index (κ2) is 7.09. The number of benzene rings is 1. The van der Waals surface area contributed by atoms with E-state index >= 15 is 0 Å². The minimum atomic E-state index is -0.605. The van der Waals surface area contributed by atoms with Gasteiger partial charge in [0.25, 0.3) is 0 Å². The number of nitrogens with two attached hydrogens (primary N) is 2. The molecule has 1 aromatic heterocycles. The van der Waals surface area contributed by atoms with Gasteiger partial charge in [-0.05, 0) is 28.1 Å². The largest absolute Gasteiger partial charge is 0.495 e. The van der Waals surface area contributed by atoms with Crippen molar-refractivity contribution in [3.63, 3.8) is 0 Å². The quantitative estimate of drug-likeness (QED) is 0.728. The van der Waals surface area contributed by atoms with Gasteiger partial charge in [0.15, 0.2) is 12.4 Å². The summed E-state index contributed by atoms with van der Waals surface area (Å²) in [5.41, 5.74) is 11.1. The fourth-order valence-electron chi connectivity index (χ4n) is 1.72. The molecule has 23 heavy (non-hydrogen) atoms. The number of halogens is 1. The van der Waals surface area contributed by atoms with E-state index in [0.717, 1.165) is 0 Å². The van der Waals surface area contributed by atoms with E-state index in [-0.39, 0.29) is 29.9 Å². The van der Waals surface area contributed by atoms with Gasteiger partial charge in [0.2, 0.25) is 11.9 Å². The van der Waals surface area contributed by atoms with E-state index in [1.165, 1.54) is 26.4 Å². The van der Waals surface area contributed by atoms with E-state index < -0.39 is 5.97 Å². The molecule has 0 radical (unpaired) electrons. The average Bonchev–Trinajstić information content (AvgIpc) is 2.52. The summed E-state index contributed by atoms with van der Waals surface area (Å²) in [6.07, 6.45) is 0. The van der Waals surface area contributed by atoms with Gasteiger partial charge < -0.3 is 25.7 Å². The summed E-state index contributed by atoms with van der Waals surface area (Å²) in [5.74, 6) is 0.326. The number of aromatic nitrogens is 3. The van der Waals surface area contributed by atoms with Crippen LogP contribution in [0.2, 0.25) is 0 Å². The summed E-state index contributed by atoms with van der Waals surface area (Å²) in [4.78, 5) is 23.4. The highest BCUT2D eigenvalue weighted by molar-refractivity contribution is 9.10. The molecule has 2 rings (SSSR count). The number of rotatable bonds is 5. The molecule has 1 aromatic carbocycles. The van der Waals surface area contributed by atoms with Crippen molar-refractivity contribution < 1.29 is 19.0 Å². The monoisotopic (exact) mass is 383 g/mol. The third-order valence-electron chi connectivity index (χ3n) is 2.73. The van der Waals surface area contributed by atoms with E-state index in [2.05, 4.69) is 30.9 Å². The summed E-state index contributed by atoms with van der Waals surface area (Å²) < 4.78 is 16.1. The van der Waals surface area contributed by atoms with E-state index in [9.17, 15) is 4.79 Å². The summed E-state index contributed by atoms with van der Waals surface area (Å²) in [6, 6.07) is 3.04. The van der Waals surface area contributed by atoms with Crippen LogP contribution in [0.25, 0.3) is 0 Å². The molecular weight excluding hydrogens is 370 g/mol. The molecule has 2 aromatic rings. The Bertz CT molecular complexity index is 695.